The zero-order valence-electron chi connectivity index (χ0n) is 9.41. The molecule has 0 saturated heterocycles. The maximum atomic E-state index is 12.9. The van der Waals surface area contributed by atoms with Crippen LogP contribution in [0.25, 0.3) is 0 Å². The Bertz CT molecular complexity index is 501. The van der Waals surface area contributed by atoms with Crippen molar-refractivity contribution in [3.05, 3.63) is 26.6 Å². The fraction of sp³-hybridized carbons (Fsp3) is 0.364. The number of halogens is 3. The van der Waals surface area contributed by atoms with Crippen LogP contribution in [0.1, 0.15) is 30.2 Å². The van der Waals surface area contributed by atoms with Gasteiger partial charge in [-0.15, -0.1) is 0 Å². The van der Waals surface area contributed by atoms with E-state index < -0.39 is 12.4 Å². The van der Waals surface area contributed by atoms with Gasteiger partial charge < -0.3 is 4.74 Å². The molecule has 4 nitrogen and oxygen atoms in total. The molecule has 1 heterocycles. The minimum absolute atomic E-state index is 0.0575. The normalized spacial score (nSPS) is 10.2. The van der Waals surface area contributed by atoms with Gasteiger partial charge in [0.1, 0.15) is 11.8 Å². The number of hydrogen-bond acceptors (Lipinski definition) is 4. The third-order valence-corrected chi connectivity index (χ3v) is 2.99. The van der Waals surface area contributed by atoms with E-state index in [2.05, 4.69) is 4.98 Å². The molecule has 0 atom stereocenters. The summed E-state index contributed by atoms with van der Waals surface area (Å²) in [4.78, 5) is 15.1. The van der Waals surface area contributed by atoms with Crippen LogP contribution in [0.5, 0.6) is 0 Å². The lowest BCUT2D eigenvalue weighted by Gasteiger charge is -2.11. The Morgan fingerprint density at radius 2 is 2.33 bits per heavy atom. The van der Waals surface area contributed by atoms with Crippen molar-refractivity contribution >= 4 is 28.6 Å². The van der Waals surface area contributed by atoms with Crippen molar-refractivity contribution in [2.24, 2.45) is 0 Å². The van der Waals surface area contributed by atoms with Crippen LogP contribution >= 0.6 is 22.6 Å². The van der Waals surface area contributed by atoms with Gasteiger partial charge in [0, 0.05) is 20.9 Å². The highest BCUT2D eigenvalue weighted by molar-refractivity contribution is 14.1. The number of pyridine rings is 1. The standard InChI is InChI=1S/C11H9F2IN2O2/c1-2-18-9(17)3-6-8(4-15)16-5-7(14)10(6)11(12)13/h5,11H,2-3H2,1H3. The molecule has 96 valence electrons. The molecule has 0 N–H and O–H groups in total. The number of nitrogens with zero attached hydrogens (tertiary/aromatic N) is 2. The fourth-order valence-corrected chi connectivity index (χ4v) is 2.11. The van der Waals surface area contributed by atoms with E-state index in [9.17, 15) is 13.6 Å². The molecule has 0 aliphatic carbocycles. The molecule has 1 aromatic rings. The van der Waals surface area contributed by atoms with Gasteiger partial charge >= 0.3 is 5.97 Å². The van der Waals surface area contributed by atoms with Crippen molar-refractivity contribution in [1.82, 2.24) is 4.98 Å². The zero-order valence-corrected chi connectivity index (χ0v) is 11.6. The molecule has 18 heavy (non-hydrogen) atoms. The minimum atomic E-state index is -2.77. The van der Waals surface area contributed by atoms with Gasteiger partial charge in [-0.2, -0.15) is 5.26 Å². The first kappa shape index (κ1) is 14.8. The summed E-state index contributed by atoms with van der Waals surface area (Å²) in [5.41, 5.74) is -0.549. The minimum Gasteiger partial charge on any atom is -0.466 e. The Morgan fingerprint density at radius 3 is 2.83 bits per heavy atom. The van der Waals surface area contributed by atoms with Gasteiger partial charge in [-0.05, 0) is 29.5 Å². The average molecular weight is 366 g/mol. The summed E-state index contributed by atoms with van der Waals surface area (Å²) in [5.74, 6) is -0.653. The van der Waals surface area contributed by atoms with Crippen molar-refractivity contribution < 1.29 is 18.3 Å². The first-order valence-electron chi connectivity index (χ1n) is 5.02. The number of ether oxygens (including phenoxy) is 1. The lowest BCUT2D eigenvalue weighted by molar-refractivity contribution is -0.142. The third kappa shape index (κ3) is 3.35. The van der Waals surface area contributed by atoms with Crippen LogP contribution in [0.15, 0.2) is 6.20 Å². The van der Waals surface area contributed by atoms with Gasteiger partial charge in [0.15, 0.2) is 0 Å². The number of carbonyl (C=O) groups excluding carboxylic acids is 1. The molecule has 0 saturated carbocycles. The molecule has 0 radical (unpaired) electrons. The van der Waals surface area contributed by atoms with Crippen molar-refractivity contribution in [2.75, 3.05) is 6.61 Å². The van der Waals surface area contributed by atoms with Gasteiger partial charge in [0.2, 0.25) is 0 Å². The number of esters is 1. The van der Waals surface area contributed by atoms with E-state index in [1.807, 2.05) is 0 Å². The Hall–Kier alpha value is -1.30. The molecule has 1 aromatic heterocycles. The number of alkyl halides is 2. The Morgan fingerprint density at radius 1 is 1.67 bits per heavy atom. The Kier molecular flexibility index (Phi) is 5.40. The van der Waals surface area contributed by atoms with Crippen molar-refractivity contribution in [1.29, 1.82) is 5.26 Å². The highest BCUT2D eigenvalue weighted by atomic mass is 127. The third-order valence-electron chi connectivity index (χ3n) is 2.13. The van der Waals surface area contributed by atoms with Crippen LogP contribution < -0.4 is 0 Å². The van der Waals surface area contributed by atoms with Gasteiger partial charge in [-0.3, -0.25) is 4.79 Å². The molecule has 0 aliphatic rings. The van der Waals surface area contributed by atoms with E-state index in [-0.39, 0.29) is 33.4 Å². The Balaban J connectivity index is 3.25. The Labute approximate surface area is 116 Å². The number of hydrogen-bond donors (Lipinski definition) is 0. The monoisotopic (exact) mass is 366 g/mol. The van der Waals surface area contributed by atoms with Crippen LogP contribution in [-0.4, -0.2) is 17.6 Å². The molecule has 0 aliphatic heterocycles. The molecule has 0 amide bonds. The topological polar surface area (TPSA) is 63.0 Å². The molecule has 0 unspecified atom stereocenters. The summed E-state index contributed by atoms with van der Waals surface area (Å²) in [6.45, 7) is 1.77. The zero-order chi connectivity index (χ0) is 13.7. The highest BCUT2D eigenvalue weighted by Crippen LogP contribution is 2.29. The van der Waals surface area contributed by atoms with E-state index in [0.717, 1.165) is 0 Å². The van der Waals surface area contributed by atoms with Crippen molar-refractivity contribution in [2.45, 2.75) is 19.8 Å². The van der Waals surface area contributed by atoms with Crippen LogP contribution in [-0.2, 0) is 16.0 Å². The number of nitriles is 1. The summed E-state index contributed by atoms with van der Waals surface area (Å²) in [7, 11) is 0. The van der Waals surface area contributed by atoms with Crippen LogP contribution in [0.3, 0.4) is 0 Å². The second-order valence-corrected chi connectivity index (χ2v) is 4.40. The van der Waals surface area contributed by atoms with Crippen LogP contribution in [0.4, 0.5) is 8.78 Å². The average Bonchev–Trinajstić information content (AvgIpc) is 2.29. The lowest BCUT2D eigenvalue weighted by atomic mass is 10.0. The van der Waals surface area contributed by atoms with Crippen molar-refractivity contribution in [3.8, 4) is 6.07 Å². The number of rotatable bonds is 4. The molecule has 7 heteroatoms. The van der Waals surface area contributed by atoms with E-state index >= 15 is 0 Å². The summed E-state index contributed by atoms with van der Waals surface area (Å²) in [6.07, 6.45) is -1.95. The van der Waals surface area contributed by atoms with Crippen LogP contribution in [0, 0.1) is 14.9 Å². The first-order chi connectivity index (χ1) is 8.51. The smallest absolute Gasteiger partial charge is 0.310 e. The number of aromatic nitrogens is 1. The number of carbonyl (C=O) groups is 1. The SMILES string of the molecule is CCOC(=O)Cc1c(C#N)ncc(I)c1C(F)F. The summed E-state index contributed by atoms with van der Waals surface area (Å²) < 4.78 is 30.8. The molecule has 0 bridgehead atoms. The summed E-state index contributed by atoms with van der Waals surface area (Å²) in [5, 5.41) is 8.85. The second kappa shape index (κ2) is 6.58. The van der Waals surface area contributed by atoms with Crippen LogP contribution in [0.2, 0.25) is 0 Å². The maximum Gasteiger partial charge on any atom is 0.310 e. The van der Waals surface area contributed by atoms with Gasteiger partial charge in [0.25, 0.3) is 6.43 Å². The van der Waals surface area contributed by atoms with Gasteiger partial charge in [-0.25, -0.2) is 13.8 Å². The van der Waals surface area contributed by atoms with E-state index in [1.165, 1.54) is 6.20 Å². The van der Waals surface area contributed by atoms with E-state index in [4.69, 9.17) is 10.00 Å². The van der Waals surface area contributed by atoms with E-state index in [0.29, 0.717) is 0 Å². The first-order valence-corrected chi connectivity index (χ1v) is 6.10. The largest absolute Gasteiger partial charge is 0.466 e. The molecular weight excluding hydrogens is 357 g/mol. The maximum absolute atomic E-state index is 12.9. The fourth-order valence-electron chi connectivity index (χ4n) is 1.41. The molecule has 0 fully saturated rings. The summed E-state index contributed by atoms with van der Waals surface area (Å²) in [6, 6.07) is 1.71. The molecule has 0 aromatic carbocycles. The molecular formula is C11H9F2IN2O2. The van der Waals surface area contributed by atoms with E-state index in [1.54, 1.807) is 35.6 Å². The molecule has 1 rings (SSSR count). The predicted molar refractivity (Wildman–Crippen MR) is 67.0 cm³/mol. The predicted octanol–water partition coefficient (Wildman–Crippen LogP) is 2.60. The quantitative estimate of drug-likeness (QED) is 0.607. The van der Waals surface area contributed by atoms with Gasteiger partial charge in [0.05, 0.1) is 13.0 Å². The lowest BCUT2D eigenvalue weighted by Crippen LogP contribution is -2.13. The molecule has 0 spiro atoms. The van der Waals surface area contributed by atoms with Gasteiger partial charge in [-0.1, -0.05) is 0 Å². The van der Waals surface area contributed by atoms with Crippen molar-refractivity contribution in [3.63, 3.8) is 0 Å². The summed E-state index contributed by atoms with van der Waals surface area (Å²) >= 11 is 1.70. The second-order valence-electron chi connectivity index (χ2n) is 3.24. The highest BCUT2D eigenvalue weighted by Gasteiger charge is 2.23.